The Labute approximate surface area is 193 Å². The van der Waals surface area contributed by atoms with E-state index in [1.54, 1.807) is 49.2 Å². The van der Waals surface area contributed by atoms with Gasteiger partial charge in [-0.3, -0.25) is 20.1 Å². The van der Waals surface area contributed by atoms with Gasteiger partial charge in [-0.1, -0.05) is 0 Å². The molecule has 0 atom stereocenters. The molecule has 166 valence electrons. The first-order valence-electron chi connectivity index (χ1n) is 10.3. The Morgan fingerprint density at radius 1 is 0.706 bits per heavy atom. The van der Waals surface area contributed by atoms with Gasteiger partial charge in [0.1, 0.15) is 11.2 Å². The lowest BCUT2D eigenvalue weighted by Crippen LogP contribution is -1.89. The van der Waals surface area contributed by atoms with E-state index in [4.69, 9.17) is 14.6 Å². The number of anilines is 1. The van der Waals surface area contributed by atoms with Crippen LogP contribution >= 0.6 is 0 Å². The molecule has 6 aromatic rings. The second-order valence-corrected chi connectivity index (χ2v) is 7.47. The summed E-state index contributed by atoms with van der Waals surface area (Å²) in [5.74, 6) is 0. The highest BCUT2D eigenvalue weighted by Crippen LogP contribution is 2.33. The molecule has 0 fully saturated rings. The summed E-state index contributed by atoms with van der Waals surface area (Å²) >= 11 is 0. The molecule has 0 radical (unpaired) electrons. The second-order valence-electron chi connectivity index (χ2n) is 7.47. The maximum absolute atomic E-state index is 10.9. The second kappa shape index (κ2) is 8.87. The van der Waals surface area contributed by atoms with E-state index >= 15 is 0 Å². The summed E-state index contributed by atoms with van der Waals surface area (Å²) in [6, 6.07) is 17.9. The first-order chi connectivity index (χ1) is 16.6. The molecule has 0 bridgehead atoms. The lowest BCUT2D eigenvalue weighted by molar-refractivity contribution is -0.384. The van der Waals surface area contributed by atoms with Gasteiger partial charge in [-0.25, -0.2) is 0 Å². The molecule has 0 amide bonds. The number of nitrogen functional groups attached to an aromatic ring is 1. The van der Waals surface area contributed by atoms with Gasteiger partial charge in [0.2, 0.25) is 0 Å². The average Bonchev–Trinajstić information content (AvgIpc) is 3.54. The maximum atomic E-state index is 10.9. The van der Waals surface area contributed by atoms with Crippen LogP contribution in [0, 0.1) is 10.1 Å². The number of hydrogen-bond acceptors (Lipinski definition) is 7. The fraction of sp³-hybridized carbons (Fsp3) is 0. The minimum Gasteiger partial charge on any atom is -0.464 e. The largest absolute Gasteiger partial charge is 0.464 e. The molecule has 4 heterocycles. The van der Waals surface area contributed by atoms with Crippen LogP contribution in [0.1, 0.15) is 0 Å². The third-order valence-corrected chi connectivity index (χ3v) is 5.30. The first-order valence-corrected chi connectivity index (χ1v) is 10.3. The highest BCUT2D eigenvalue weighted by molar-refractivity contribution is 5.95. The number of fused-ring (bicyclic) bond motifs is 2. The third-order valence-electron chi connectivity index (χ3n) is 5.30. The number of nitrogens with two attached hydrogens (primary N) is 1. The molecule has 2 aromatic carbocycles. The zero-order chi connectivity index (χ0) is 23.5. The van der Waals surface area contributed by atoms with Crippen LogP contribution in [-0.2, 0) is 0 Å². The van der Waals surface area contributed by atoms with Gasteiger partial charge in [-0.05, 0) is 59.7 Å². The van der Waals surface area contributed by atoms with E-state index in [2.05, 4.69) is 9.97 Å². The Morgan fingerprint density at radius 3 is 1.74 bits per heavy atom. The van der Waals surface area contributed by atoms with Crippen LogP contribution in [0.25, 0.3) is 44.2 Å². The van der Waals surface area contributed by atoms with Gasteiger partial charge in [-0.15, -0.1) is 0 Å². The predicted octanol–water partition coefficient (Wildman–Crippen LogP) is 6.48. The number of nitrogens with zero attached hydrogens (tertiary/aromatic N) is 3. The van der Waals surface area contributed by atoms with E-state index < -0.39 is 4.92 Å². The van der Waals surface area contributed by atoms with Crippen molar-refractivity contribution < 1.29 is 13.8 Å². The molecule has 0 aliphatic rings. The van der Waals surface area contributed by atoms with Gasteiger partial charge in [0.25, 0.3) is 5.69 Å². The zero-order valence-corrected chi connectivity index (χ0v) is 17.8. The molecular formula is C26H18N4O4. The number of pyridine rings is 2. The van der Waals surface area contributed by atoms with Crippen LogP contribution in [0.3, 0.4) is 0 Å². The summed E-state index contributed by atoms with van der Waals surface area (Å²) < 4.78 is 10.9. The van der Waals surface area contributed by atoms with E-state index in [1.807, 2.05) is 30.3 Å². The summed E-state index contributed by atoms with van der Waals surface area (Å²) in [5.41, 5.74) is 11.8. The Kier molecular flexibility index (Phi) is 5.45. The van der Waals surface area contributed by atoms with Crippen LogP contribution in [0.15, 0.2) is 107 Å². The molecule has 0 saturated carbocycles. The lowest BCUT2D eigenvalue weighted by Gasteiger charge is -2.03. The molecule has 0 aliphatic heterocycles. The summed E-state index contributed by atoms with van der Waals surface area (Å²) in [6.45, 7) is 0. The molecule has 8 nitrogen and oxygen atoms in total. The number of rotatable bonds is 3. The average molecular weight is 450 g/mol. The number of nitro groups is 1. The molecular weight excluding hydrogens is 432 g/mol. The minimum atomic E-state index is -0.406. The Hall–Kier alpha value is -4.98. The molecule has 0 saturated heterocycles. The minimum absolute atomic E-state index is 0.0516. The van der Waals surface area contributed by atoms with Crippen molar-refractivity contribution in [3.8, 4) is 22.3 Å². The van der Waals surface area contributed by atoms with Crippen molar-refractivity contribution in [3.05, 3.63) is 108 Å². The van der Waals surface area contributed by atoms with Crippen molar-refractivity contribution in [3.63, 3.8) is 0 Å². The summed E-state index contributed by atoms with van der Waals surface area (Å²) in [5, 5.41) is 12.7. The standard InChI is InChI=1S/C13H8N2O3.C13H10N2O/c16-15(17)11-7-10-3-6-18-13(10)12(8-11)9-1-4-14-5-2-9;14-11-7-10-3-6-16-13(10)12(8-11)9-1-4-15-5-2-9/h1-8H;1-8H,14H2. The van der Waals surface area contributed by atoms with Crippen LogP contribution < -0.4 is 5.73 Å². The third kappa shape index (κ3) is 4.07. The van der Waals surface area contributed by atoms with Gasteiger partial charge in [0.05, 0.1) is 17.4 Å². The smallest absolute Gasteiger partial charge is 0.270 e. The fourth-order valence-electron chi connectivity index (χ4n) is 3.77. The number of nitro benzene ring substituents is 1. The van der Waals surface area contributed by atoms with Crippen molar-refractivity contribution >= 4 is 33.3 Å². The normalized spacial score (nSPS) is 10.7. The van der Waals surface area contributed by atoms with Gasteiger partial charge in [0, 0.05) is 64.5 Å². The van der Waals surface area contributed by atoms with Crippen molar-refractivity contribution in [2.45, 2.75) is 0 Å². The van der Waals surface area contributed by atoms with Crippen LogP contribution in [0.2, 0.25) is 0 Å². The van der Waals surface area contributed by atoms with E-state index in [0.717, 1.165) is 38.7 Å². The molecule has 0 spiro atoms. The van der Waals surface area contributed by atoms with E-state index in [1.165, 1.54) is 18.4 Å². The molecule has 8 heteroatoms. The Bertz CT molecular complexity index is 1590. The summed E-state index contributed by atoms with van der Waals surface area (Å²) in [7, 11) is 0. The van der Waals surface area contributed by atoms with Gasteiger partial charge in [-0.2, -0.15) is 0 Å². The number of non-ortho nitro benzene ring substituents is 1. The molecule has 4 aromatic heterocycles. The molecule has 34 heavy (non-hydrogen) atoms. The van der Waals surface area contributed by atoms with Crippen molar-refractivity contribution in [1.82, 2.24) is 9.97 Å². The van der Waals surface area contributed by atoms with Crippen LogP contribution in [0.4, 0.5) is 11.4 Å². The zero-order valence-electron chi connectivity index (χ0n) is 17.8. The highest BCUT2D eigenvalue weighted by atomic mass is 16.6. The number of hydrogen-bond donors (Lipinski definition) is 1. The maximum Gasteiger partial charge on any atom is 0.270 e. The number of furan rings is 2. The molecule has 2 N–H and O–H groups in total. The Morgan fingerprint density at radius 2 is 1.21 bits per heavy atom. The van der Waals surface area contributed by atoms with Crippen LogP contribution in [-0.4, -0.2) is 14.9 Å². The number of benzene rings is 2. The molecule has 6 rings (SSSR count). The summed E-state index contributed by atoms with van der Waals surface area (Å²) in [4.78, 5) is 18.4. The van der Waals surface area contributed by atoms with E-state index in [9.17, 15) is 10.1 Å². The molecule has 0 aliphatic carbocycles. The van der Waals surface area contributed by atoms with E-state index in [-0.39, 0.29) is 5.69 Å². The fourth-order valence-corrected chi connectivity index (χ4v) is 3.77. The van der Waals surface area contributed by atoms with Gasteiger partial charge in [0.15, 0.2) is 0 Å². The summed E-state index contributed by atoms with van der Waals surface area (Å²) in [6.07, 6.45) is 10.0. The SMILES string of the molecule is Nc1cc(-c2ccncc2)c2occc2c1.O=[N+]([O-])c1cc(-c2ccncc2)c2occc2c1. The first kappa shape index (κ1) is 20.9. The van der Waals surface area contributed by atoms with Crippen LogP contribution in [0.5, 0.6) is 0 Å². The predicted molar refractivity (Wildman–Crippen MR) is 130 cm³/mol. The Balaban J connectivity index is 0.000000142. The topological polar surface area (TPSA) is 121 Å². The highest BCUT2D eigenvalue weighted by Gasteiger charge is 2.15. The van der Waals surface area contributed by atoms with Crippen molar-refractivity contribution in [1.29, 1.82) is 0 Å². The van der Waals surface area contributed by atoms with Crippen molar-refractivity contribution in [2.24, 2.45) is 0 Å². The lowest BCUT2D eigenvalue weighted by atomic mass is 10.0. The monoisotopic (exact) mass is 450 g/mol. The number of aromatic nitrogens is 2. The molecule has 0 unspecified atom stereocenters. The van der Waals surface area contributed by atoms with Gasteiger partial charge >= 0.3 is 0 Å². The van der Waals surface area contributed by atoms with E-state index in [0.29, 0.717) is 11.1 Å². The van der Waals surface area contributed by atoms with Gasteiger partial charge < -0.3 is 14.6 Å². The van der Waals surface area contributed by atoms with Crippen molar-refractivity contribution in [2.75, 3.05) is 5.73 Å². The quantitative estimate of drug-likeness (QED) is 0.186.